The van der Waals surface area contributed by atoms with E-state index in [1.54, 1.807) is 38.4 Å². The first kappa shape index (κ1) is 17.7. The molecule has 0 radical (unpaired) electrons. The van der Waals surface area contributed by atoms with Gasteiger partial charge in [-0.15, -0.1) is 0 Å². The summed E-state index contributed by atoms with van der Waals surface area (Å²) in [5.41, 5.74) is 1.27. The number of carbonyl (C=O) groups is 2. The van der Waals surface area contributed by atoms with E-state index in [0.717, 1.165) is 17.4 Å². The molecule has 1 fully saturated rings. The van der Waals surface area contributed by atoms with Gasteiger partial charge in [0.1, 0.15) is 4.32 Å². The van der Waals surface area contributed by atoms with Gasteiger partial charge in [-0.3, -0.25) is 9.59 Å². The van der Waals surface area contributed by atoms with Gasteiger partial charge < -0.3 is 15.1 Å². The van der Waals surface area contributed by atoms with E-state index in [9.17, 15) is 9.59 Å². The van der Waals surface area contributed by atoms with E-state index in [1.807, 2.05) is 0 Å². The zero-order chi connectivity index (χ0) is 16.8. The predicted molar refractivity (Wildman–Crippen MR) is 99.0 cm³/mol. The molecule has 1 N–H and O–H groups in total. The number of likely N-dealkylation sites (tertiary alicyclic amines) is 1. The Balaban J connectivity index is 1.80. The lowest BCUT2D eigenvalue weighted by Gasteiger charge is -2.17. The fourth-order valence-electron chi connectivity index (χ4n) is 2.27. The number of hydrogen-bond acceptors (Lipinski definition) is 4. The van der Waals surface area contributed by atoms with Crippen LogP contribution in [0.3, 0.4) is 0 Å². The molecule has 0 aliphatic carbocycles. The van der Waals surface area contributed by atoms with Gasteiger partial charge in [0.25, 0.3) is 5.91 Å². The van der Waals surface area contributed by atoms with Gasteiger partial charge in [0.2, 0.25) is 5.91 Å². The first-order valence-electron chi connectivity index (χ1n) is 7.50. The van der Waals surface area contributed by atoms with Crippen molar-refractivity contribution in [1.29, 1.82) is 0 Å². The minimum Gasteiger partial charge on any atom is -0.358 e. The summed E-state index contributed by atoms with van der Waals surface area (Å²) < 4.78 is 0.796. The number of amides is 2. The molecule has 0 aromatic heterocycles. The molecule has 2 rings (SSSR count). The largest absolute Gasteiger partial charge is 0.358 e. The minimum absolute atomic E-state index is 0.0607. The number of benzene rings is 1. The van der Waals surface area contributed by atoms with Crippen LogP contribution < -0.4 is 5.32 Å². The van der Waals surface area contributed by atoms with Crippen molar-refractivity contribution in [1.82, 2.24) is 9.80 Å². The third-order valence-corrected chi connectivity index (χ3v) is 5.04. The number of nitrogens with one attached hydrogen (secondary N) is 1. The lowest BCUT2D eigenvalue weighted by Crippen LogP contribution is -2.25. The third-order valence-electron chi connectivity index (χ3n) is 3.51. The van der Waals surface area contributed by atoms with Crippen LogP contribution in [0.15, 0.2) is 24.3 Å². The molecular weight excluding hydrogens is 330 g/mol. The van der Waals surface area contributed by atoms with Crippen LogP contribution in [0.2, 0.25) is 0 Å². The van der Waals surface area contributed by atoms with Crippen molar-refractivity contribution in [2.24, 2.45) is 0 Å². The quantitative estimate of drug-likeness (QED) is 0.845. The SMILES string of the molecule is CN(C)C(=O)c1ccc(NC(=O)CSC(=S)N2CCCC2)cc1. The van der Waals surface area contributed by atoms with Crippen LogP contribution in [0.1, 0.15) is 23.2 Å². The number of hydrogen-bond donors (Lipinski definition) is 1. The summed E-state index contributed by atoms with van der Waals surface area (Å²) in [6.07, 6.45) is 2.34. The Morgan fingerprint density at radius 1 is 1.22 bits per heavy atom. The molecule has 7 heteroatoms. The fourth-order valence-corrected chi connectivity index (χ4v) is 3.32. The average molecular weight is 351 g/mol. The smallest absolute Gasteiger partial charge is 0.253 e. The normalized spacial score (nSPS) is 13.7. The number of thioether (sulfide) groups is 1. The molecule has 0 atom stereocenters. The molecule has 23 heavy (non-hydrogen) atoms. The van der Waals surface area contributed by atoms with E-state index in [4.69, 9.17) is 12.2 Å². The highest BCUT2D eigenvalue weighted by atomic mass is 32.2. The van der Waals surface area contributed by atoms with Crippen molar-refractivity contribution in [2.45, 2.75) is 12.8 Å². The van der Waals surface area contributed by atoms with Gasteiger partial charge in [-0.05, 0) is 37.1 Å². The Hall–Kier alpha value is -1.60. The Kier molecular flexibility index (Phi) is 6.41. The average Bonchev–Trinajstić information content (AvgIpc) is 3.07. The summed E-state index contributed by atoms with van der Waals surface area (Å²) in [5, 5.41) is 2.82. The molecule has 1 aromatic carbocycles. The molecule has 124 valence electrons. The lowest BCUT2D eigenvalue weighted by atomic mass is 10.2. The van der Waals surface area contributed by atoms with Crippen LogP contribution in [0.25, 0.3) is 0 Å². The van der Waals surface area contributed by atoms with Crippen LogP contribution >= 0.6 is 24.0 Å². The second-order valence-electron chi connectivity index (χ2n) is 5.57. The van der Waals surface area contributed by atoms with Gasteiger partial charge >= 0.3 is 0 Å². The molecule has 1 aromatic rings. The van der Waals surface area contributed by atoms with Gasteiger partial charge in [-0.1, -0.05) is 24.0 Å². The number of thiocarbonyl (C=S) groups is 1. The minimum atomic E-state index is -0.0942. The highest BCUT2D eigenvalue weighted by molar-refractivity contribution is 8.23. The standard InChI is InChI=1S/C16H21N3O2S2/c1-18(2)15(21)12-5-7-13(8-6-12)17-14(20)11-23-16(22)19-9-3-4-10-19/h5-8H,3-4,9-11H2,1-2H3,(H,17,20). The van der Waals surface area contributed by atoms with E-state index in [1.165, 1.54) is 29.5 Å². The monoisotopic (exact) mass is 351 g/mol. The Labute approximate surface area is 146 Å². The van der Waals surface area contributed by atoms with E-state index < -0.39 is 0 Å². The van der Waals surface area contributed by atoms with Gasteiger partial charge in [0.05, 0.1) is 5.75 Å². The third kappa shape index (κ3) is 5.21. The number of nitrogens with zero attached hydrogens (tertiary/aromatic N) is 2. The van der Waals surface area contributed by atoms with Gasteiger partial charge in [-0.25, -0.2) is 0 Å². The zero-order valence-electron chi connectivity index (χ0n) is 13.4. The van der Waals surface area contributed by atoms with Crippen molar-refractivity contribution in [3.63, 3.8) is 0 Å². The molecule has 1 saturated heterocycles. The van der Waals surface area contributed by atoms with Crippen molar-refractivity contribution in [3.05, 3.63) is 29.8 Å². The van der Waals surface area contributed by atoms with E-state index in [0.29, 0.717) is 17.0 Å². The molecule has 5 nitrogen and oxygen atoms in total. The first-order valence-corrected chi connectivity index (χ1v) is 8.90. The zero-order valence-corrected chi connectivity index (χ0v) is 15.0. The molecule has 0 bridgehead atoms. The van der Waals surface area contributed by atoms with Gasteiger partial charge in [0, 0.05) is 38.4 Å². The summed E-state index contributed by atoms with van der Waals surface area (Å²) >= 11 is 6.73. The van der Waals surface area contributed by atoms with Crippen LogP contribution in [-0.4, -0.2) is 58.9 Å². The highest BCUT2D eigenvalue weighted by Gasteiger charge is 2.16. The fraction of sp³-hybridized carbons (Fsp3) is 0.438. The van der Waals surface area contributed by atoms with Crippen LogP contribution in [0.5, 0.6) is 0 Å². The number of carbonyl (C=O) groups excluding carboxylic acids is 2. The molecule has 1 heterocycles. The summed E-state index contributed by atoms with van der Waals surface area (Å²) in [5.74, 6) is 0.144. The Morgan fingerprint density at radius 3 is 2.39 bits per heavy atom. The Bertz CT molecular complexity index is 581. The summed E-state index contributed by atoms with van der Waals surface area (Å²) in [6, 6.07) is 6.89. The maximum Gasteiger partial charge on any atom is 0.253 e. The Morgan fingerprint density at radius 2 is 1.83 bits per heavy atom. The van der Waals surface area contributed by atoms with E-state index in [-0.39, 0.29) is 11.8 Å². The van der Waals surface area contributed by atoms with Crippen molar-refractivity contribution in [2.75, 3.05) is 38.3 Å². The second kappa shape index (κ2) is 8.31. The molecule has 0 spiro atoms. The topological polar surface area (TPSA) is 52.7 Å². The van der Waals surface area contributed by atoms with Gasteiger partial charge in [-0.2, -0.15) is 0 Å². The second-order valence-corrected chi connectivity index (χ2v) is 7.18. The van der Waals surface area contributed by atoms with Crippen LogP contribution in [-0.2, 0) is 4.79 Å². The molecular formula is C16H21N3O2S2. The highest BCUT2D eigenvalue weighted by Crippen LogP contribution is 2.17. The summed E-state index contributed by atoms with van der Waals surface area (Å²) in [4.78, 5) is 27.4. The van der Waals surface area contributed by atoms with E-state index >= 15 is 0 Å². The summed E-state index contributed by atoms with van der Waals surface area (Å²) in [6.45, 7) is 1.99. The molecule has 0 saturated carbocycles. The number of anilines is 1. The van der Waals surface area contributed by atoms with Gasteiger partial charge in [0.15, 0.2) is 0 Å². The van der Waals surface area contributed by atoms with Crippen molar-refractivity contribution < 1.29 is 9.59 Å². The lowest BCUT2D eigenvalue weighted by molar-refractivity contribution is -0.113. The number of rotatable bonds is 4. The van der Waals surface area contributed by atoms with Crippen LogP contribution in [0.4, 0.5) is 5.69 Å². The predicted octanol–water partition coefficient (Wildman–Crippen LogP) is 2.44. The molecule has 2 amide bonds. The maximum atomic E-state index is 12.0. The van der Waals surface area contributed by atoms with Crippen molar-refractivity contribution >= 4 is 45.8 Å². The molecule has 0 unspecified atom stereocenters. The van der Waals surface area contributed by atoms with E-state index in [2.05, 4.69) is 10.2 Å². The summed E-state index contributed by atoms with van der Waals surface area (Å²) in [7, 11) is 3.41. The van der Waals surface area contributed by atoms with Crippen LogP contribution in [0, 0.1) is 0 Å². The van der Waals surface area contributed by atoms with Crippen molar-refractivity contribution in [3.8, 4) is 0 Å². The molecule has 1 aliphatic heterocycles. The molecule has 1 aliphatic rings. The first-order chi connectivity index (χ1) is 11.0. The maximum absolute atomic E-state index is 12.0.